The minimum Gasteiger partial charge on any atom is -0.454 e. The van der Waals surface area contributed by atoms with E-state index in [9.17, 15) is 4.79 Å². The van der Waals surface area contributed by atoms with Crippen LogP contribution in [0.1, 0.15) is 35.3 Å². The van der Waals surface area contributed by atoms with Gasteiger partial charge < -0.3 is 18.9 Å². The summed E-state index contributed by atoms with van der Waals surface area (Å²) in [7, 11) is 1.98. The average molecular weight is 409 g/mol. The van der Waals surface area contributed by atoms with Crippen LogP contribution in [-0.2, 0) is 13.6 Å². The van der Waals surface area contributed by atoms with Gasteiger partial charge in [-0.05, 0) is 60.4 Å². The Kier molecular flexibility index (Phi) is 4.79. The van der Waals surface area contributed by atoms with Crippen LogP contribution in [-0.4, -0.2) is 28.7 Å². The highest BCUT2D eigenvalue weighted by Crippen LogP contribution is 2.33. The van der Waals surface area contributed by atoms with E-state index < -0.39 is 0 Å². The number of carbonyl (C=O) groups is 1. The molecular weight excluding hydrogens is 384 g/mol. The minimum absolute atomic E-state index is 0.0862. The Morgan fingerprint density at radius 1 is 1.21 bits per heavy atom. The summed E-state index contributed by atoms with van der Waals surface area (Å²) in [6.45, 7) is 1.58. The minimum atomic E-state index is 0.0862. The fourth-order valence-electron chi connectivity index (χ4n) is 4.23. The van der Waals surface area contributed by atoms with E-state index >= 15 is 0 Å². The maximum Gasteiger partial charge on any atom is 0.270 e. The van der Waals surface area contributed by atoms with Crippen molar-refractivity contribution in [1.29, 1.82) is 0 Å². The zero-order valence-electron chi connectivity index (χ0n) is 16.5. The summed E-state index contributed by atoms with van der Waals surface area (Å²) in [6, 6.07) is 10.0. The summed E-state index contributed by atoms with van der Waals surface area (Å²) < 4.78 is 14.1. The van der Waals surface area contributed by atoms with Crippen LogP contribution >= 0.6 is 11.3 Å². The fraction of sp³-hybridized carbons (Fsp3) is 0.348. The summed E-state index contributed by atoms with van der Waals surface area (Å²) in [5.74, 6) is 2.11. The molecular formula is C23H24N2O3S. The van der Waals surface area contributed by atoms with Crippen molar-refractivity contribution in [3.63, 3.8) is 0 Å². The second-order valence-electron chi connectivity index (χ2n) is 7.78. The molecule has 0 bridgehead atoms. The molecule has 1 atom stereocenters. The molecule has 3 heterocycles. The van der Waals surface area contributed by atoms with Gasteiger partial charge in [0, 0.05) is 20.1 Å². The third-order valence-electron chi connectivity index (χ3n) is 5.84. The Labute approximate surface area is 174 Å². The molecule has 2 aromatic heterocycles. The molecule has 2 aliphatic rings. The predicted octanol–water partition coefficient (Wildman–Crippen LogP) is 4.97. The molecule has 0 saturated carbocycles. The Bertz CT molecular complexity index is 1080. The summed E-state index contributed by atoms with van der Waals surface area (Å²) in [5.41, 5.74) is 2.92. The van der Waals surface area contributed by atoms with Gasteiger partial charge in [-0.3, -0.25) is 4.79 Å². The molecule has 3 aromatic rings. The fourth-order valence-corrected chi connectivity index (χ4v) is 5.08. The number of aryl methyl sites for hydroxylation is 1. The van der Waals surface area contributed by atoms with E-state index in [2.05, 4.69) is 23.6 Å². The molecule has 0 spiro atoms. The molecule has 1 aromatic carbocycles. The number of rotatable bonds is 5. The molecule has 29 heavy (non-hydrogen) atoms. The van der Waals surface area contributed by atoms with Crippen LogP contribution < -0.4 is 9.47 Å². The van der Waals surface area contributed by atoms with Crippen molar-refractivity contribution < 1.29 is 14.3 Å². The second-order valence-corrected chi connectivity index (χ2v) is 8.73. The quantitative estimate of drug-likeness (QED) is 0.560. The lowest BCUT2D eigenvalue weighted by atomic mass is 9.93. The molecule has 1 unspecified atom stereocenters. The molecule has 0 saturated heterocycles. The summed E-state index contributed by atoms with van der Waals surface area (Å²) >= 11 is 1.67. The molecule has 0 radical (unpaired) electrons. The van der Waals surface area contributed by atoms with E-state index in [0.717, 1.165) is 58.8 Å². The van der Waals surface area contributed by atoms with Crippen LogP contribution in [0.5, 0.6) is 11.5 Å². The molecule has 5 nitrogen and oxygen atoms in total. The molecule has 6 heteroatoms. The number of thiophene rings is 1. The number of carbonyl (C=O) groups excluding carboxylic acids is 1. The number of hydrogen-bond acceptors (Lipinski definition) is 4. The van der Waals surface area contributed by atoms with Crippen LogP contribution in [0.2, 0.25) is 0 Å². The lowest BCUT2D eigenvalue weighted by Gasteiger charge is -2.29. The maximum atomic E-state index is 13.6. The van der Waals surface area contributed by atoms with Crippen molar-refractivity contribution in [2.24, 2.45) is 13.0 Å². The molecule has 0 fully saturated rings. The van der Waals surface area contributed by atoms with E-state index in [1.807, 2.05) is 40.8 Å². The number of ether oxygens (including phenoxy) is 2. The Morgan fingerprint density at radius 2 is 2.10 bits per heavy atom. The van der Waals surface area contributed by atoms with Gasteiger partial charge in [-0.1, -0.05) is 18.2 Å². The number of aromatic nitrogens is 1. The first-order chi connectivity index (χ1) is 14.2. The highest BCUT2D eigenvalue weighted by atomic mass is 32.1. The highest BCUT2D eigenvalue weighted by Gasteiger charge is 2.25. The van der Waals surface area contributed by atoms with Crippen molar-refractivity contribution in [3.8, 4) is 11.5 Å². The molecule has 1 aliphatic heterocycles. The lowest BCUT2D eigenvalue weighted by molar-refractivity contribution is 0.0700. The predicted molar refractivity (Wildman–Crippen MR) is 115 cm³/mol. The third kappa shape index (κ3) is 3.53. The van der Waals surface area contributed by atoms with Crippen molar-refractivity contribution in [1.82, 2.24) is 9.47 Å². The molecule has 0 N–H and O–H groups in total. The first kappa shape index (κ1) is 18.3. The summed E-state index contributed by atoms with van der Waals surface area (Å²) in [5, 5.41) is 2.07. The largest absolute Gasteiger partial charge is 0.454 e. The van der Waals surface area contributed by atoms with Crippen LogP contribution in [0.3, 0.4) is 0 Å². The molecule has 150 valence electrons. The van der Waals surface area contributed by atoms with Crippen molar-refractivity contribution in [3.05, 3.63) is 59.1 Å². The van der Waals surface area contributed by atoms with E-state index in [0.29, 0.717) is 12.5 Å². The van der Waals surface area contributed by atoms with Gasteiger partial charge in [0.15, 0.2) is 11.5 Å². The lowest BCUT2D eigenvalue weighted by Crippen LogP contribution is -2.36. The normalized spacial score (nSPS) is 17.8. The standard InChI is InChI=1S/C23H24N2O3S/c1-24-18-9-10-29-22(18)12-19(24)23(26)25(13-16-5-3-2-4-6-16)14-17-7-8-20-21(11-17)28-15-27-20/h2-3,7-12,16H,4-6,13-15H2,1H3. The molecule has 5 rings (SSSR count). The van der Waals surface area contributed by atoms with Crippen molar-refractivity contribution in [2.75, 3.05) is 13.3 Å². The van der Waals surface area contributed by atoms with E-state index in [4.69, 9.17) is 9.47 Å². The molecule has 1 aliphatic carbocycles. The van der Waals surface area contributed by atoms with E-state index in [-0.39, 0.29) is 12.7 Å². The van der Waals surface area contributed by atoms with Crippen molar-refractivity contribution >= 4 is 27.5 Å². The van der Waals surface area contributed by atoms with Crippen LogP contribution in [0.15, 0.2) is 47.9 Å². The Morgan fingerprint density at radius 3 is 2.93 bits per heavy atom. The van der Waals surface area contributed by atoms with Gasteiger partial charge in [0.2, 0.25) is 6.79 Å². The maximum absolute atomic E-state index is 13.6. The Balaban J connectivity index is 1.44. The van der Waals surface area contributed by atoms with Gasteiger partial charge in [-0.25, -0.2) is 0 Å². The highest BCUT2D eigenvalue weighted by molar-refractivity contribution is 7.17. The Hall–Kier alpha value is -2.73. The van der Waals surface area contributed by atoms with Gasteiger partial charge in [-0.2, -0.15) is 0 Å². The first-order valence-electron chi connectivity index (χ1n) is 10.0. The van der Waals surface area contributed by atoms with E-state index in [1.165, 1.54) is 0 Å². The third-order valence-corrected chi connectivity index (χ3v) is 6.69. The number of amides is 1. The van der Waals surface area contributed by atoms with Crippen LogP contribution in [0, 0.1) is 5.92 Å². The zero-order valence-corrected chi connectivity index (χ0v) is 17.3. The molecule has 1 amide bonds. The monoisotopic (exact) mass is 408 g/mol. The van der Waals surface area contributed by atoms with Crippen molar-refractivity contribution in [2.45, 2.75) is 25.8 Å². The number of allylic oxidation sites excluding steroid dienone is 2. The topological polar surface area (TPSA) is 43.7 Å². The van der Waals surface area contributed by atoms with E-state index in [1.54, 1.807) is 11.3 Å². The summed E-state index contributed by atoms with van der Waals surface area (Å²) in [4.78, 5) is 15.6. The summed E-state index contributed by atoms with van der Waals surface area (Å²) in [6.07, 6.45) is 7.75. The van der Waals surface area contributed by atoms with Gasteiger partial charge in [0.1, 0.15) is 5.69 Å². The number of hydrogen-bond donors (Lipinski definition) is 0. The number of nitrogens with zero attached hydrogens (tertiary/aromatic N) is 2. The number of benzene rings is 1. The van der Waals surface area contributed by atoms with Gasteiger partial charge in [0.05, 0.1) is 10.2 Å². The van der Waals surface area contributed by atoms with Crippen LogP contribution in [0.4, 0.5) is 0 Å². The zero-order chi connectivity index (χ0) is 19.8. The number of fused-ring (bicyclic) bond motifs is 2. The smallest absolute Gasteiger partial charge is 0.270 e. The first-order valence-corrected chi connectivity index (χ1v) is 10.9. The van der Waals surface area contributed by atoms with Gasteiger partial charge in [-0.15, -0.1) is 11.3 Å². The second kappa shape index (κ2) is 7.59. The van der Waals surface area contributed by atoms with Gasteiger partial charge >= 0.3 is 0 Å². The SMILES string of the molecule is Cn1c(C(=O)N(Cc2ccc3c(c2)OCO3)CC2CC=CCC2)cc2sccc21. The van der Waals surface area contributed by atoms with Crippen LogP contribution in [0.25, 0.3) is 10.2 Å². The average Bonchev–Trinajstić information content (AvgIpc) is 3.45. The van der Waals surface area contributed by atoms with Gasteiger partial charge in [0.25, 0.3) is 5.91 Å².